The normalized spacial score (nSPS) is 16.7. The topological polar surface area (TPSA) is 0 Å². The maximum Gasteiger partial charge on any atom is 2.00 e. The van der Waals surface area contributed by atoms with Crippen LogP contribution < -0.4 is 21.2 Å². The zero-order chi connectivity index (χ0) is 26.2. The third kappa shape index (κ3) is 8.16. The second kappa shape index (κ2) is 16.0. The molecule has 0 nitrogen and oxygen atoms in total. The number of hydrogen-bond donors (Lipinski definition) is 0. The molecule has 0 atom stereocenters. The van der Waals surface area contributed by atoms with Gasteiger partial charge in [-0.3, -0.25) is 0 Å². The van der Waals surface area contributed by atoms with Crippen molar-refractivity contribution < 1.29 is 17.1 Å². The summed E-state index contributed by atoms with van der Waals surface area (Å²) in [6.07, 6.45) is 12.9. The number of hydrogen-bond acceptors (Lipinski definition) is 0. The summed E-state index contributed by atoms with van der Waals surface area (Å²) in [7, 11) is -0.953. The second-order valence-electron chi connectivity index (χ2n) is 8.53. The fourth-order valence-electron chi connectivity index (χ4n) is 4.30. The van der Waals surface area contributed by atoms with Crippen molar-refractivity contribution in [2.75, 3.05) is 0 Å². The summed E-state index contributed by atoms with van der Waals surface area (Å²) in [4.78, 5) is 2.40. The van der Waals surface area contributed by atoms with E-state index in [-0.39, 0.29) is 17.1 Å². The molecule has 4 aromatic carbocycles. The van der Waals surface area contributed by atoms with E-state index in [2.05, 4.69) is 192 Å². The summed E-state index contributed by atoms with van der Waals surface area (Å²) in [5.74, 6) is 0. The molecule has 0 heterocycles. The van der Waals surface area contributed by atoms with Crippen LogP contribution in [0.3, 0.4) is 0 Å². The van der Waals surface area contributed by atoms with Gasteiger partial charge in [0.1, 0.15) is 0 Å². The van der Waals surface area contributed by atoms with E-state index in [1.54, 1.807) is 0 Å². The van der Waals surface area contributed by atoms with E-state index in [0.29, 0.717) is 0 Å². The molecule has 0 N–H and O–H groups in total. The Bertz CT molecular complexity index is 1050. The Morgan fingerprint density at radius 3 is 0.821 bits per heavy atom. The smallest absolute Gasteiger partial charge is 0.0824 e. The zero-order valence-corrected chi connectivity index (χ0v) is 27.1. The molecule has 192 valence electrons. The van der Waals surface area contributed by atoms with Crippen LogP contribution in [0.15, 0.2) is 121 Å². The van der Waals surface area contributed by atoms with Gasteiger partial charge in [-0.25, -0.2) is 0 Å². The summed E-state index contributed by atoms with van der Waals surface area (Å²) in [6.45, 7) is 0. The van der Waals surface area contributed by atoms with Gasteiger partial charge in [-0.2, -0.15) is 0 Å². The second-order valence-corrected chi connectivity index (χ2v) is 14.6. The minimum Gasteiger partial charge on any atom is -0.0824 e. The van der Waals surface area contributed by atoms with Crippen molar-refractivity contribution in [3.63, 3.8) is 0 Å². The predicted octanol–water partition coefficient (Wildman–Crippen LogP) is 8.41. The van der Waals surface area contributed by atoms with Crippen LogP contribution in [0.1, 0.15) is 0 Å². The Balaban J connectivity index is 0.000000176. The maximum absolute atomic E-state index is 3.68. The molecule has 0 saturated heterocycles. The van der Waals surface area contributed by atoms with Crippen LogP contribution in [-0.2, 0) is 17.1 Å². The van der Waals surface area contributed by atoms with Crippen LogP contribution in [0, 0.1) is 59.5 Å². The van der Waals surface area contributed by atoms with Crippen molar-refractivity contribution in [2.45, 2.75) is 0 Å². The van der Waals surface area contributed by atoms with Gasteiger partial charge in [0.05, 0.1) is 9.65 Å². The quantitative estimate of drug-likeness (QED) is 0.139. The van der Waals surface area contributed by atoms with Gasteiger partial charge in [-0.15, -0.1) is 0 Å². The Labute approximate surface area is 265 Å². The van der Waals surface area contributed by atoms with Gasteiger partial charge in [0, 0.05) is 11.3 Å². The van der Waals surface area contributed by atoms with Gasteiger partial charge in [-0.1, -0.05) is 153 Å². The van der Waals surface area contributed by atoms with Gasteiger partial charge in [0.25, 0.3) is 0 Å². The molecule has 4 aromatic rings. The summed E-state index contributed by atoms with van der Waals surface area (Å²) < 4.78 is 0. The van der Waals surface area contributed by atoms with E-state index in [1.165, 1.54) is 42.2 Å². The first-order chi connectivity index (χ1) is 18.7. The molecule has 0 bridgehead atoms. The summed E-state index contributed by atoms with van der Waals surface area (Å²) >= 11 is 7.36. The van der Waals surface area contributed by atoms with Crippen LogP contribution in [0.5, 0.6) is 0 Å². The first kappa shape index (κ1) is 31.2. The number of halogens is 2. The monoisotopic (exact) mass is 710 g/mol. The van der Waals surface area contributed by atoms with E-state index >= 15 is 0 Å². The summed E-state index contributed by atoms with van der Waals surface area (Å²) in [5.41, 5.74) is 2.76. The fraction of sp³-hybridized carbons (Fsp3) is 0. The van der Waals surface area contributed by atoms with Crippen LogP contribution in [0.2, 0.25) is 0 Å². The zero-order valence-electron chi connectivity index (χ0n) is 21.0. The van der Waals surface area contributed by atoms with Crippen LogP contribution in [-0.4, -0.2) is 0 Å². The van der Waals surface area contributed by atoms with Crippen molar-refractivity contribution in [2.24, 2.45) is 0 Å². The molecule has 0 unspecified atom stereocenters. The molecule has 0 spiro atoms. The van der Waals surface area contributed by atoms with E-state index < -0.39 is 15.8 Å². The van der Waals surface area contributed by atoms with E-state index in [1.807, 2.05) is 0 Å². The molecule has 10 radical (unpaired) electrons. The first-order valence-corrected chi connectivity index (χ1v) is 16.6. The van der Waals surface area contributed by atoms with Crippen molar-refractivity contribution in [1.82, 2.24) is 0 Å². The van der Waals surface area contributed by atoms with Crippen LogP contribution in [0.4, 0.5) is 0 Å². The third-order valence-corrected chi connectivity index (χ3v) is 13.0. The largest absolute Gasteiger partial charge is 2.00 e. The van der Waals surface area contributed by atoms with Crippen LogP contribution in [0.25, 0.3) is 0 Å². The number of benzene rings is 4. The van der Waals surface area contributed by atoms with Gasteiger partial charge < -0.3 is 0 Å². The predicted molar refractivity (Wildman–Crippen MR) is 175 cm³/mol. The maximum atomic E-state index is 3.68. The first-order valence-electron chi connectivity index (χ1n) is 12.4. The van der Waals surface area contributed by atoms with Crippen molar-refractivity contribution in [3.05, 3.63) is 181 Å². The third-order valence-electron chi connectivity index (χ3n) is 6.02. The Morgan fingerprint density at radius 1 is 0.359 bits per heavy atom. The van der Waals surface area contributed by atoms with E-state index in [9.17, 15) is 0 Å². The minimum atomic E-state index is -0.477. The molecule has 0 aliphatic heterocycles. The number of rotatable bonds is 6. The molecule has 2 aliphatic rings. The molecule has 39 heavy (non-hydrogen) atoms. The SMILES string of the molecule is Br[C]1[CH][CH][CH][C]1P(c1ccccc1)c1ccccc1.Br[C]1[CH][CH][CH][C]1P(c1ccccc1)c1ccccc1.[Fe+2]. The van der Waals surface area contributed by atoms with Crippen molar-refractivity contribution in [1.29, 1.82) is 0 Å². The molecule has 0 amide bonds. The fourth-order valence-corrected chi connectivity index (χ4v) is 10.6. The molecule has 0 aromatic heterocycles. The molecule has 2 saturated carbocycles. The van der Waals surface area contributed by atoms with Gasteiger partial charge in [-0.05, 0) is 75.6 Å². The molecule has 2 fully saturated rings. The molecule has 6 rings (SSSR count). The summed E-state index contributed by atoms with van der Waals surface area (Å²) in [6, 6.07) is 43.0. The Kier molecular flexibility index (Phi) is 12.8. The van der Waals surface area contributed by atoms with Gasteiger partial charge in [0.2, 0.25) is 0 Å². The molecular weight excluding hydrogens is 686 g/mol. The van der Waals surface area contributed by atoms with E-state index in [4.69, 9.17) is 0 Å². The van der Waals surface area contributed by atoms with Gasteiger partial charge in [0.15, 0.2) is 0 Å². The van der Waals surface area contributed by atoms with E-state index in [0.717, 1.165) is 0 Å². The average Bonchev–Trinajstić information content (AvgIpc) is 3.60. The summed E-state index contributed by atoms with van der Waals surface area (Å²) in [5, 5.41) is 5.54. The van der Waals surface area contributed by atoms with Crippen molar-refractivity contribution in [3.8, 4) is 0 Å². The molecular formula is C34H26Br2FeP2+2. The molecule has 2 aliphatic carbocycles. The standard InChI is InChI=1S/2C17H13BrP.Fe/c2*18-16-12-7-13-17(16)19(14-8-3-1-4-9-14)15-10-5-2-6-11-15;/h2*1-13H;/q;;+2. The molecule has 5 heteroatoms. The van der Waals surface area contributed by atoms with Crippen LogP contribution >= 0.6 is 47.7 Å². The average molecular weight is 712 g/mol. The van der Waals surface area contributed by atoms with Gasteiger partial charge >= 0.3 is 17.1 Å². The minimum absolute atomic E-state index is 0. The van der Waals surface area contributed by atoms with Crippen molar-refractivity contribution >= 4 is 68.9 Å². The Hall–Kier alpha value is -0.781. The Morgan fingerprint density at radius 2 is 0.615 bits per heavy atom.